The van der Waals surface area contributed by atoms with E-state index < -0.39 is 13.3 Å². The molecule has 0 aromatic heterocycles. The summed E-state index contributed by atoms with van der Waals surface area (Å²) in [6.45, 7) is 3.69. The highest BCUT2D eigenvalue weighted by atomic mass is 19.2. The summed E-state index contributed by atoms with van der Waals surface area (Å²) in [6, 6.07) is 6.43. The predicted molar refractivity (Wildman–Crippen MR) is 64.8 cm³/mol. The van der Waals surface area contributed by atoms with Crippen LogP contribution in [-0.4, -0.2) is 19.9 Å². The van der Waals surface area contributed by atoms with Gasteiger partial charge in [-0.25, -0.2) is 8.63 Å². The third kappa shape index (κ3) is 4.57. The number of allylic oxidation sites excluding steroid dienone is 2. The lowest BCUT2D eigenvalue weighted by molar-refractivity contribution is 0.104. The highest BCUT2D eigenvalue weighted by Crippen LogP contribution is 2.13. The fourth-order valence-corrected chi connectivity index (χ4v) is 1.32. The number of benzene rings is 1. The summed E-state index contributed by atoms with van der Waals surface area (Å²) in [5, 5.41) is 0. The smallest absolute Gasteiger partial charge is 0.509 e. The third-order valence-electron chi connectivity index (χ3n) is 2.06. The molecule has 1 aromatic rings. The Morgan fingerprint density at radius 1 is 1.33 bits per heavy atom. The van der Waals surface area contributed by atoms with E-state index in [0.29, 0.717) is 17.9 Å². The van der Waals surface area contributed by atoms with E-state index in [4.69, 9.17) is 4.74 Å². The lowest BCUT2D eigenvalue weighted by Crippen LogP contribution is -2.05. The van der Waals surface area contributed by atoms with Crippen LogP contribution in [0.4, 0.5) is 8.63 Å². The van der Waals surface area contributed by atoms with Gasteiger partial charge in [-0.3, -0.25) is 4.79 Å². The van der Waals surface area contributed by atoms with Crippen molar-refractivity contribution in [2.75, 3.05) is 6.61 Å². The molecule has 0 saturated carbocycles. The highest BCUT2D eigenvalue weighted by Gasteiger charge is 2.17. The minimum Gasteiger partial charge on any atom is -0.509 e. The van der Waals surface area contributed by atoms with Crippen molar-refractivity contribution in [3.63, 3.8) is 0 Å². The number of hydrogen-bond donors (Lipinski definition) is 0. The molecule has 0 radical (unpaired) electrons. The van der Waals surface area contributed by atoms with E-state index in [1.807, 2.05) is 6.92 Å². The minimum absolute atomic E-state index is 0.121. The number of carbonyl (C=O) groups is 1. The molecule has 1 rings (SSSR count). The van der Waals surface area contributed by atoms with E-state index in [1.54, 1.807) is 24.3 Å². The summed E-state index contributed by atoms with van der Waals surface area (Å²) < 4.78 is 33.1. The van der Waals surface area contributed by atoms with Crippen LogP contribution in [0.2, 0.25) is 0 Å². The van der Waals surface area contributed by atoms with Gasteiger partial charge in [-0.2, -0.15) is 0 Å². The Hall–Kier alpha value is -1.85. The van der Waals surface area contributed by atoms with Crippen molar-refractivity contribution in [3.8, 4) is 5.75 Å². The van der Waals surface area contributed by atoms with Crippen LogP contribution in [0.3, 0.4) is 0 Å². The minimum atomic E-state index is -2.92. The monoisotopic (exact) mass is 254 g/mol. The molecule has 96 valence electrons. The van der Waals surface area contributed by atoms with Crippen molar-refractivity contribution in [1.82, 2.24) is 0 Å². The first-order valence-corrected chi connectivity index (χ1v) is 5.43. The zero-order valence-electron chi connectivity index (χ0n) is 10.2. The predicted octanol–water partition coefficient (Wildman–Crippen LogP) is 3.11. The summed E-state index contributed by atoms with van der Waals surface area (Å²) in [6.07, 6.45) is 1.03. The van der Waals surface area contributed by atoms with Crippen LogP contribution in [0.25, 0.3) is 0 Å². The van der Waals surface area contributed by atoms with Crippen LogP contribution in [0.15, 0.2) is 36.1 Å². The molecule has 0 atom stereocenters. The first kappa shape index (κ1) is 14.2. The molecule has 3 nitrogen and oxygen atoms in total. The van der Waals surface area contributed by atoms with E-state index in [9.17, 15) is 13.4 Å². The van der Waals surface area contributed by atoms with Crippen molar-refractivity contribution in [2.24, 2.45) is 0 Å². The van der Waals surface area contributed by atoms with Gasteiger partial charge in [-0.1, -0.05) is 0 Å². The Balaban J connectivity index is 2.72. The summed E-state index contributed by atoms with van der Waals surface area (Å²) in [5.74, 6) is 0.138. The molecule has 0 unspecified atom stereocenters. The second-order valence-corrected chi connectivity index (χ2v) is 3.46. The van der Waals surface area contributed by atoms with Crippen LogP contribution < -0.4 is 4.74 Å². The maximum absolute atomic E-state index is 11.9. The van der Waals surface area contributed by atoms with Crippen LogP contribution >= 0.6 is 0 Å². The van der Waals surface area contributed by atoms with Gasteiger partial charge in [0.25, 0.3) is 0 Å². The fourth-order valence-electron chi connectivity index (χ4n) is 1.32. The summed E-state index contributed by atoms with van der Waals surface area (Å²) in [5.41, 5.74) is 0.385. The van der Waals surface area contributed by atoms with Gasteiger partial charge in [0.2, 0.25) is 0 Å². The van der Waals surface area contributed by atoms with Gasteiger partial charge in [0.05, 0.1) is 12.4 Å². The second kappa shape index (κ2) is 6.78. The van der Waals surface area contributed by atoms with Gasteiger partial charge in [-0.05, 0) is 38.1 Å². The van der Waals surface area contributed by atoms with Crippen molar-refractivity contribution in [2.45, 2.75) is 13.8 Å². The molecule has 0 heterocycles. The molecule has 0 aliphatic carbocycles. The van der Waals surface area contributed by atoms with Gasteiger partial charge in [0, 0.05) is 11.6 Å². The van der Waals surface area contributed by atoms with Crippen molar-refractivity contribution >= 4 is 13.3 Å². The molecular formula is C12H13BF2O3. The standard InChI is InChI=1S/C12H13BF2O3/c1-3-17-11-6-4-10(5-7-11)12(16)8-9(2)18-13(14)15/h4-8H,3H2,1-2H3/b9-8-. The average molecular weight is 254 g/mol. The average Bonchev–Trinajstić information content (AvgIpc) is 2.29. The van der Waals surface area contributed by atoms with Crippen LogP contribution in [-0.2, 0) is 4.65 Å². The van der Waals surface area contributed by atoms with Gasteiger partial charge in [0.15, 0.2) is 5.78 Å². The van der Waals surface area contributed by atoms with Gasteiger partial charge in [0.1, 0.15) is 5.75 Å². The maximum Gasteiger partial charge on any atom is 0.796 e. The normalized spacial score (nSPS) is 11.0. The lowest BCUT2D eigenvalue weighted by atomic mass is 10.1. The molecule has 6 heteroatoms. The first-order valence-electron chi connectivity index (χ1n) is 5.43. The highest BCUT2D eigenvalue weighted by molar-refractivity contribution is 6.34. The summed E-state index contributed by atoms with van der Waals surface area (Å²) in [7, 11) is -2.92. The number of rotatable bonds is 6. The molecule has 18 heavy (non-hydrogen) atoms. The lowest BCUT2D eigenvalue weighted by Gasteiger charge is -2.04. The van der Waals surface area contributed by atoms with Crippen LogP contribution in [0, 0.1) is 0 Å². The van der Waals surface area contributed by atoms with E-state index in [-0.39, 0.29) is 5.76 Å². The zero-order valence-corrected chi connectivity index (χ0v) is 10.2. The third-order valence-corrected chi connectivity index (χ3v) is 2.06. The van der Waals surface area contributed by atoms with E-state index in [1.165, 1.54) is 6.92 Å². The Labute approximate surface area is 105 Å². The molecule has 0 bridgehead atoms. The first-order chi connectivity index (χ1) is 8.52. The van der Waals surface area contributed by atoms with Crippen LogP contribution in [0.5, 0.6) is 5.75 Å². The molecule has 1 aromatic carbocycles. The molecule has 0 amide bonds. The molecule has 0 spiro atoms. The fraction of sp³-hybridized carbons (Fsp3) is 0.250. The Kier molecular flexibility index (Phi) is 5.36. The topological polar surface area (TPSA) is 35.5 Å². The van der Waals surface area contributed by atoms with Crippen molar-refractivity contribution < 1.29 is 22.8 Å². The quantitative estimate of drug-likeness (QED) is 0.338. The van der Waals surface area contributed by atoms with Crippen molar-refractivity contribution in [3.05, 3.63) is 41.7 Å². The molecule has 0 fully saturated rings. The van der Waals surface area contributed by atoms with Gasteiger partial charge < -0.3 is 9.39 Å². The maximum atomic E-state index is 11.9. The van der Waals surface area contributed by atoms with E-state index >= 15 is 0 Å². The number of halogens is 2. The Morgan fingerprint density at radius 2 is 1.94 bits per heavy atom. The SMILES string of the molecule is CCOc1ccc(C(=O)/C=C(/C)OB(F)F)cc1. The molecule has 0 aliphatic rings. The van der Waals surface area contributed by atoms with Gasteiger partial charge >= 0.3 is 7.47 Å². The number of ketones is 1. The molecule has 0 N–H and O–H groups in total. The Bertz CT molecular complexity index is 429. The van der Waals surface area contributed by atoms with E-state index in [2.05, 4.69) is 4.65 Å². The van der Waals surface area contributed by atoms with Crippen LogP contribution in [0.1, 0.15) is 24.2 Å². The molecular weight excluding hydrogens is 241 g/mol. The molecule has 0 saturated heterocycles. The number of carbonyl (C=O) groups excluding carboxylic acids is 1. The molecule has 0 aliphatic heterocycles. The summed E-state index contributed by atoms with van der Waals surface area (Å²) >= 11 is 0. The van der Waals surface area contributed by atoms with Crippen molar-refractivity contribution in [1.29, 1.82) is 0 Å². The Morgan fingerprint density at radius 3 is 2.44 bits per heavy atom. The van der Waals surface area contributed by atoms with Gasteiger partial charge in [-0.15, -0.1) is 0 Å². The summed E-state index contributed by atoms with van der Waals surface area (Å²) in [4.78, 5) is 11.7. The second-order valence-electron chi connectivity index (χ2n) is 3.46. The van der Waals surface area contributed by atoms with E-state index in [0.717, 1.165) is 6.08 Å². The number of hydrogen-bond acceptors (Lipinski definition) is 3. The number of ether oxygens (including phenoxy) is 1. The largest absolute Gasteiger partial charge is 0.796 e. The zero-order chi connectivity index (χ0) is 13.5.